The molecule has 0 radical (unpaired) electrons. The lowest BCUT2D eigenvalue weighted by molar-refractivity contribution is 0.0467. The molecule has 0 amide bonds. The monoisotopic (exact) mass is 412 g/mol. The van der Waals surface area contributed by atoms with E-state index in [4.69, 9.17) is 10.5 Å². The zero-order valence-corrected chi connectivity index (χ0v) is 18.3. The maximum absolute atomic E-state index is 10.8. The van der Waals surface area contributed by atoms with Crippen molar-refractivity contribution in [1.82, 2.24) is 19.7 Å². The predicted octanol–water partition coefficient (Wildman–Crippen LogP) is 3.69. The normalized spacial score (nSPS) is 13.4. The minimum Gasteiger partial charge on any atom is -0.496 e. The summed E-state index contributed by atoms with van der Waals surface area (Å²) in [4.78, 5) is 8.70. The number of nitrogens with two attached hydrogens (primary N) is 1. The van der Waals surface area contributed by atoms with Gasteiger partial charge in [0.25, 0.3) is 0 Å². The summed E-state index contributed by atoms with van der Waals surface area (Å²) in [6, 6.07) is 5.84. The summed E-state index contributed by atoms with van der Waals surface area (Å²) < 4.78 is 7.48. The van der Waals surface area contributed by atoms with Crippen molar-refractivity contribution in [1.29, 1.82) is 0 Å². The van der Waals surface area contributed by atoms with Crippen LogP contribution in [0.5, 0.6) is 5.75 Å². The number of aromatic nitrogens is 4. The highest BCUT2D eigenvalue weighted by Gasteiger charge is 2.23. The Hall–Kier alpha value is -2.87. The third kappa shape index (κ3) is 4.64. The molecule has 0 aliphatic rings. The van der Waals surface area contributed by atoms with E-state index in [0.29, 0.717) is 30.0 Å². The average molecular weight is 413 g/mol. The molecule has 0 aliphatic carbocycles. The molecule has 0 spiro atoms. The summed E-state index contributed by atoms with van der Waals surface area (Å²) >= 11 is 0. The quantitative estimate of drug-likeness (QED) is 0.436. The molecule has 4 N–H and O–H groups in total. The topological polar surface area (TPSA) is 111 Å². The summed E-state index contributed by atoms with van der Waals surface area (Å²) in [5, 5.41) is 18.6. The first-order valence-corrected chi connectivity index (χ1v) is 10.5. The van der Waals surface area contributed by atoms with Gasteiger partial charge in [0.05, 0.1) is 25.5 Å². The summed E-state index contributed by atoms with van der Waals surface area (Å²) in [6.07, 6.45) is 5.40. The van der Waals surface area contributed by atoms with E-state index < -0.39 is 5.60 Å². The molecule has 3 aromatic rings. The molecule has 0 saturated heterocycles. The number of ether oxygens (including phenoxy) is 1. The van der Waals surface area contributed by atoms with Gasteiger partial charge in [0.1, 0.15) is 16.8 Å². The smallest absolute Gasteiger partial charge is 0.222 e. The van der Waals surface area contributed by atoms with Gasteiger partial charge in [-0.2, -0.15) is 10.1 Å². The van der Waals surface area contributed by atoms with Crippen molar-refractivity contribution < 1.29 is 9.84 Å². The Morgan fingerprint density at radius 3 is 2.73 bits per heavy atom. The second-order valence-corrected chi connectivity index (χ2v) is 7.80. The number of benzene rings is 1. The van der Waals surface area contributed by atoms with Crippen LogP contribution in [0.25, 0.3) is 11.0 Å². The van der Waals surface area contributed by atoms with Crippen LogP contribution in [0.15, 0.2) is 24.4 Å². The lowest BCUT2D eigenvalue weighted by Gasteiger charge is -2.24. The summed E-state index contributed by atoms with van der Waals surface area (Å²) in [7, 11) is 1.64. The summed E-state index contributed by atoms with van der Waals surface area (Å²) in [5.74, 6) is 1.62. The van der Waals surface area contributed by atoms with Crippen LogP contribution in [-0.2, 0) is 12.1 Å². The molecule has 1 unspecified atom stereocenters. The number of aliphatic hydroxyl groups is 1. The molecule has 30 heavy (non-hydrogen) atoms. The van der Waals surface area contributed by atoms with Gasteiger partial charge >= 0.3 is 0 Å². The van der Waals surface area contributed by atoms with E-state index in [1.807, 2.05) is 29.8 Å². The minimum absolute atomic E-state index is 0.223. The van der Waals surface area contributed by atoms with Gasteiger partial charge in [0.2, 0.25) is 5.95 Å². The fourth-order valence-corrected chi connectivity index (χ4v) is 3.65. The average Bonchev–Trinajstić information content (AvgIpc) is 3.10. The predicted molar refractivity (Wildman–Crippen MR) is 120 cm³/mol. The SMILES string of the molecule is CCCCNc1nc(N)nc2cnn(Cc3ccc(C(C)(O)CCC)cc3OC)c12. The van der Waals surface area contributed by atoms with E-state index in [1.165, 1.54) is 0 Å². The molecule has 162 valence electrons. The number of hydrogen-bond acceptors (Lipinski definition) is 7. The molecule has 0 saturated carbocycles. The zero-order chi connectivity index (χ0) is 21.7. The van der Waals surface area contributed by atoms with Gasteiger partial charge < -0.3 is 20.9 Å². The first kappa shape index (κ1) is 21.8. The van der Waals surface area contributed by atoms with Crippen molar-refractivity contribution in [3.8, 4) is 5.75 Å². The van der Waals surface area contributed by atoms with Gasteiger partial charge in [-0.15, -0.1) is 0 Å². The molecule has 0 fully saturated rings. The molecule has 1 atom stereocenters. The van der Waals surface area contributed by atoms with E-state index in [2.05, 4.69) is 34.2 Å². The third-order valence-electron chi connectivity index (χ3n) is 5.29. The largest absolute Gasteiger partial charge is 0.496 e. The molecule has 8 nitrogen and oxygen atoms in total. The summed E-state index contributed by atoms with van der Waals surface area (Å²) in [5.41, 5.74) is 8.29. The zero-order valence-electron chi connectivity index (χ0n) is 18.3. The Labute approximate surface area is 177 Å². The Balaban J connectivity index is 1.96. The summed E-state index contributed by atoms with van der Waals surface area (Å²) in [6.45, 7) is 7.33. The van der Waals surface area contributed by atoms with Crippen LogP contribution in [-0.4, -0.2) is 38.5 Å². The third-order valence-corrected chi connectivity index (χ3v) is 5.29. The van der Waals surface area contributed by atoms with Crippen LogP contribution >= 0.6 is 0 Å². The fourth-order valence-electron chi connectivity index (χ4n) is 3.65. The maximum atomic E-state index is 10.8. The number of unbranched alkanes of at least 4 members (excludes halogenated alkanes) is 1. The number of hydrogen-bond donors (Lipinski definition) is 3. The van der Waals surface area contributed by atoms with Gasteiger partial charge in [0, 0.05) is 12.1 Å². The molecule has 1 aromatic carbocycles. The minimum atomic E-state index is -0.888. The van der Waals surface area contributed by atoms with Crippen molar-refractivity contribution in [2.24, 2.45) is 0 Å². The number of fused-ring (bicyclic) bond motifs is 1. The standard InChI is InChI=1S/C22H32N6O2/c1-5-7-11-24-20-19-17(26-21(23)27-20)13-25-28(19)14-15-8-9-16(12-18(15)30-4)22(3,29)10-6-2/h8-9,12-13,29H,5-7,10-11,14H2,1-4H3,(H3,23,24,26,27). The van der Waals surface area contributed by atoms with E-state index in [9.17, 15) is 5.11 Å². The molecular weight excluding hydrogens is 380 g/mol. The van der Waals surface area contributed by atoms with Crippen LogP contribution in [0, 0.1) is 0 Å². The first-order chi connectivity index (χ1) is 14.4. The highest BCUT2D eigenvalue weighted by molar-refractivity contribution is 5.86. The molecule has 8 heteroatoms. The second kappa shape index (κ2) is 9.30. The Kier molecular flexibility index (Phi) is 6.77. The van der Waals surface area contributed by atoms with E-state index in [-0.39, 0.29) is 5.95 Å². The molecule has 3 rings (SSSR count). The Bertz CT molecular complexity index is 999. The molecule has 0 bridgehead atoms. The van der Waals surface area contributed by atoms with Gasteiger partial charge in [0.15, 0.2) is 5.82 Å². The van der Waals surface area contributed by atoms with Crippen molar-refractivity contribution >= 4 is 22.8 Å². The van der Waals surface area contributed by atoms with Crippen LogP contribution in [0.2, 0.25) is 0 Å². The molecule has 2 heterocycles. The van der Waals surface area contributed by atoms with Crippen LogP contribution in [0.4, 0.5) is 11.8 Å². The van der Waals surface area contributed by atoms with Crippen LogP contribution < -0.4 is 15.8 Å². The lowest BCUT2D eigenvalue weighted by atomic mass is 9.90. The number of anilines is 2. The molecule has 0 aliphatic heterocycles. The van der Waals surface area contributed by atoms with Gasteiger partial charge in [-0.25, -0.2) is 4.98 Å². The van der Waals surface area contributed by atoms with Gasteiger partial charge in [-0.3, -0.25) is 4.68 Å². The van der Waals surface area contributed by atoms with E-state index in [0.717, 1.165) is 42.5 Å². The molecule has 2 aromatic heterocycles. The Morgan fingerprint density at radius 1 is 1.23 bits per heavy atom. The van der Waals surface area contributed by atoms with Crippen molar-refractivity contribution in [3.05, 3.63) is 35.5 Å². The fraction of sp³-hybridized carbons (Fsp3) is 0.500. The highest BCUT2D eigenvalue weighted by Crippen LogP contribution is 2.32. The van der Waals surface area contributed by atoms with Crippen molar-refractivity contribution in [3.63, 3.8) is 0 Å². The number of nitrogens with one attached hydrogen (secondary N) is 1. The number of nitrogens with zero attached hydrogens (tertiary/aromatic N) is 4. The molecular formula is C22H32N6O2. The van der Waals surface area contributed by atoms with Gasteiger partial charge in [-0.05, 0) is 31.4 Å². The second-order valence-electron chi connectivity index (χ2n) is 7.80. The van der Waals surface area contributed by atoms with E-state index in [1.54, 1.807) is 13.3 Å². The van der Waals surface area contributed by atoms with E-state index >= 15 is 0 Å². The lowest BCUT2D eigenvalue weighted by Crippen LogP contribution is -2.21. The van der Waals surface area contributed by atoms with Crippen LogP contribution in [0.1, 0.15) is 57.6 Å². The van der Waals surface area contributed by atoms with Crippen LogP contribution in [0.3, 0.4) is 0 Å². The number of rotatable bonds is 10. The number of nitrogen functional groups attached to an aromatic ring is 1. The maximum Gasteiger partial charge on any atom is 0.222 e. The highest BCUT2D eigenvalue weighted by atomic mass is 16.5. The number of methoxy groups -OCH3 is 1. The van der Waals surface area contributed by atoms with Gasteiger partial charge in [-0.1, -0.05) is 38.8 Å². The van der Waals surface area contributed by atoms with Crippen molar-refractivity contribution in [2.75, 3.05) is 24.7 Å². The van der Waals surface area contributed by atoms with Crippen molar-refractivity contribution in [2.45, 2.75) is 58.6 Å². The first-order valence-electron chi connectivity index (χ1n) is 10.5. The Morgan fingerprint density at radius 2 is 2.03 bits per heavy atom.